The number of carbonyl (C=O) groups is 1. The molecule has 0 aliphatic rings. The highest BCUT2D eigenvalue weighted by Crippen LogP contribution is 2.27. The van der Waals surface area contributed by atoms with E-state index in [1.54, 1.807) is 49.5 Å². The van der Waals surface area contributed by atoms with Gasteiger partial charge in [-0.15, -0.1) is 0 Å². The first-order valence-corrected chi connectivity index (χ1v) is 6.52. The number of nitriles is 1. The van der Waals surface area contributed by atoms with Crippen molar-refractivity contribution < 1.29 is 4.79 Å². The maximum absolute atomic E-state index is 12.5. The molecule has 2 aromatic rings. The molecule has 2 aromatic carbocycles. The molecule has 0 aliphatic heterocycles. The Bertz CT molecular complexity index is 687. The number of anilines is 1. The van der Waals surface area contributed by atoms with Crippen molar-refractivity contribution in [3.63, 3.8) is 0 Å². The van der Waals surface area contributed by atoms with Gasteiger partial charge in [0.25, 0.3) is 5.91 Å². The van der Waals surface area contributed by atoms with Crippen molar-refractivity contribution >= 4 is 34.8 Å². The Hall–Kier alpha value is -2.02. The van der Waals surface area contributed by atoms with Gasteiger partial charge in [0.05, 0.1) is 27.2 Å². The van der Waals surface area contributed by atoms with Crippen LogP contribution >= 0.6 is 23.2 Å². The first kappa shape index (κ1) is 14.4. The molecule has 0 bridgehead atoms. The van der Waals surface area contributed by atoms with E-state index in [2.05, 4.69) is 0 Å². The second-order valence-electron chi connectivity index (χ2n) is 4.12. The van der Waals surface area contributed by atoms with E-state index in [9.17, 15) is 4.79 Å². The SMILES string of the molecule is CN(C(=O)c1c(Cl)cccc1Cl)c1cccc(C#N)c1. The molecular formula is C15H10Cl2N2O. The molecule has 0 unspecified atom stereocenters. The summed E-state index contributed by atoms with van der Waals surface area (Å²) in [6.45, 7) is 0. The van der Waals surface area contributed by atoms with E-state index in [-0.39, 0.29) is 11.5 Å². The van der Waals surface area contributed by atoms with E-state index in [0.717, 1.165) is 0 Å². The Morgan fingerprint density at radius 1 is 1.15 bits per heavy atom. The molecule has 5 heteroatoms. The van der Waals surface area contributed by atoms with E-state index in [1.807, 2.05) is 6.07 Å². The number of amides is 1. The number of benzene rings is 2. The summed E-state index contributed by atoms with van der Waals surface area (Å²) in [5.41, 5.74) is 1.33. The van der Waals surface area contributed by atoms with Crippen LogP contribution in [0.2, 0.25) is 10.0 Å². The minimum absolute atomic E-state index is 0.251. The van der Waals surface area contributed by atoms with Gasteiger partial charge in [-0.3, -0.25) is 4.79 Å². The Morgan fingerprint density at radius 2 is 1.75 bits per heavy atom. The van der Waals surface area contributed by atoms with E-state index < -0.39 is 0 Å². The van der Waals surface area contributed by atoms with Crippen LogP contribution in [0.15, 0.2) is 42.5 Å². The summed E-state index contributed by atoms with van der Waals surface area (Å²) in [5.74, 6) is -0.323. The summed E-state index contributed by atoms with van der Waals surface area (Å²) < 4.78 is 0. The van der Waals surface area contributed by atoms with Crippen molar-refractivity contribution in [1.82, 2.24) is 0 Å². The second kappa shape index (κ2) is 5.96. The number of halogens is 2. The van der Waals surface area contributed by atoms with Crippen LogP contribution in [-0.2, 0) is 0 Å². The highest BCUT2D eigenvalue weighted by molar-refractivity contribution is 6.40. The summed E-state index contributed by atoms with van der Waals surface area (Å²) in [4.78, 5) is 13.9. The number of hydrogen-bond acceptors (Lipinski definition) is 2. The molecule has 0 saturated heterocycles. The lowest BCUT2D eigenvalue weighted by molar-refractivity contribution is 0.0993. The fourth-order valence-electron chi connectivity index (χ4n) is 1.77. The topological polar surface area (TPSA) is 44.1 Å². The maximum Gasteiger partial charge on any atom is 0.261 e. The summed E-state index contributed by atoms with van der Waals surface area (Å²) in [7, 11) is 1.61. The standard InChI is InChI=1S/C15H10Cl2N2O/c1-19(11-5-2-4-10(8-11)9-18)15(20)14-12(16)6-3-7-13(14)17/h2-8H,1H3. The number of hydrogen-bond donors (Lipinski definition) is 0. The third-order valence-corrected chi connectivity index (χ3v) is 3.47. The number of rotatable bonds is 2. The molecule has 2 rings (SSSR count). The lowest BCUT2D eigenvalue weighted by Gasteiger charge is -2.19. The molecule has 0 spiro atoms. The van der Waals surface area contributed by atoms with Gasteiger partial charge in [0, 0.05) is 12.7 Å². The summed E-state index contributed by atoms with van der Waals surface area (Å²) in [6.07, 6.45) is 0. The van der Waals surface area contributed by atoms with Crippen molar-refractivity contribution in [2.24, 2.45) is 0 Å². The van der Waals surface area contributed by atoms with Crippen LogP contribution in [0.5, 0.6) is 0 Å². The van der Waals surface area contributed by atoms with Crippen LogP contribution in [0.25, 0.3) is 0 Å². The zero-order valence-electron chi connectivity index (χ0n) is 10.6. The molecule has 0 fully saturated rings. The van der Waals surface area contributed by atoms with Crippen molar-refractivity contribution in [2.75, 3.05) is 11.9 Å². The molecule has 1 amide bonds. The van der Waals surface area contributed by atoms with Crippen LogP contribution in [0.4, 0.5) is 5.69 Å². The van der Waals surface area contributed by atoms with Crippen LogP contribution in [0.3, 0.4) is 0 Å². The minimum atomic E-state index is -0.323. The van der Waals surface area contributed by atoms with Crippen LogP contribution in [0, 0.1) is 11.3 Å². The Labute approximate surface area is 127 Å². The first-order valence-electron chi connectivity index (χ1n) is 5.77. The van der Waals surface area contributed by atoms with Crippen molar-refractivity contribution in [1.29, 1.82) is 5.26 Å². The Kier molecular flexibility index (Phi) is 4.29. The maximum atomic E-state index is 12.5. The van der Waals surface area contributed by atoms with Gasteiger partial charge < -0.3 is 4.90 Å². The van der Waals surface area contributed by atoms with Gasteiger partial charge in [0.2, 0.25) is 0 Å². The van der Waals surface area contributed by atoms with E-state index in [4.69, 9.17) is 28.5 Å². The molecule has 0 radical (unpaired) electrons. The Balaban J connectivity index is 2.40. The number of carbonyl (C=O) groups excluding carboxylic acids is 1. The van der Waals surface area contributed by atoms with Gasteiger partial charge in [0.15, 0.2) is 0 Å². The molecule has 3 nitrogen and oxygen atoms in total. The lowest BCUT2D eigenvalue weighted by atomic mass is 10.1. The van der Waals surface area contributed by atoms with E-state index in [0.29, 0.717) is 21.3 Å². The molecule has 0 N–H and O–H groups in total. The quantitative estimate of drug-likeness (QED) is 0.837. The molecule has 0 atom stereocenters. The molecule has 20 heavy (non-hydrogen) atoms. The predicted molar refractivity (Wildman–Crippen MR) is 80.4 cm³/mol. The monoisotopic (exact) mass is 304 g/mol. The van der Waals surface area contributed by atoms with Crippen molar-refractivity contribution in [3.8, 4) is 6.07 Å². The zero-order valence-corrected chi connectivity index (χ0v) is 12.1. The summed E-state index contributed by atoms with van der Waals surface area (Å²) in [6, 6.07) is 13.7. The average molecular weight is 305 g/mol. The van der Waals surface area contributed by atoms with Gasteiger partial charge in [-0.25, -0.2) is 0 Å². The van der Waals surface area contributed by atoms with Crippen molar-refractivity contribution in [3.05, 3.63) is 63.6 Å². The molecule has 0 saturated carbocycles. The molecule has 0 heterocycles. The molecule has 0 aromatic heterocycles. The number of nitrogens with zero attached hydrogens (tertiary/aromatic N) is 2. The Morgan fingerprint density at radius 3 is 2.35 bits per heavy atom. The predicted octanol–water partition coefficient (Wildman–Crippen LogP) is 4.14. The van der Waals surface area contributed by atoms with Crippen LogP contribution in [-0.4, -0.2) is 13.0 Å². The second-order valence-corrected chi connectivity index (χ2v) is 4.94. The fourth-order valence-corrected chi connectivity index (χ4v) is 2.33. The van der Waals surface area contributed by atoms with Gasteiger partial charge in [-0.2, -0.15) is 5.26 Å². The van der Waals surface area contributed by atoms with E-state index in [1.165, 1.54) is 4.90 Å². The fraction of sp³-hybridized carbons (Fsp3) is 0.0667. The van der Waals surface area contributed by atoms with Gasteiger partial charge in [-0.1, -0.05) is 35.3 Å². The van der Waals surface area contributed by atoms with Gasteiger partial charge in [-0.05, 0) is 30.3 Å². The smallest absolute Gasteiger partial charge is 0.261 e. The summed E-state index contributed by atoms with van der Waals surface area (Å²) in [5, 5.41) is 9.49. The normalized spacial score (nSPS) is 9.90. The largest absolute Gasteiger partial charge is 0.311 e. The average Bonchev–Trinajstić information content (AvgIpc) is 2.46. The third kappa shape index (κ3) is 2.77. The highest BCUT2D eigenvalue weighted by atomic mass is 35.5. The van der Waals surface area contributed by atoms with Gasteiger partial charge >= 0.3 is 0 Å². The van der Waals surface area contributed by atoms with E-state index >= 15 is 0 Å². The lowest BCUT2D eigenvalue weighted by Crippen LogP contribution is -2.26. The molecular weight excluding hydrogens is 295 g/mol. The van der Waals surface area contributed by atoms with Crippen LogP contribution in [0.1, 0.15) is 15.9 Å². The first-order chi connectivity index (χ1) is 9.54. The zero-order chi connectivity index (χ0) is 14.7. The summed E-state index contributed by atoms with van der Waals surface area (Å²) >= 11 is 12.1. The third-order valence-electron chi connectivity index (χ3n) is 2.84. The highest BCUT2D eigenvalue weighted by Gasteiger charge is 2.19. The molecule has 100 valence electrons. The van der Waals surface area contributed by atoms with Gasteiger partial charge in [0.1, 0.15) is 0 Å². The minimum Gasteiger partial charge on any atom is -0.311 e. The molecule has 0 aliphatic carbocycles. The van der Waals surface area contributed by atoms with Crippen molar-refractivity contribution in [2.45, 2.75) is 0 Å². The van der Waals surface area contributed by atoms with Crippen LogP contribution < -0.4 is 4.90 Å².